The van der Waals surface area contributed by atoms with Gasteiger partial charge in [-0.05, 0) is 40.2 Å². The molecule has 2 aromatic rings. The zero-order valence-electron chi connectivity index (χ0n) is 9.17. The molecule has 2 rings (SSSR count). The van der Waals surface area contributed by atoms with Crippen molar-refractivity contribution in [3.05, 3.63) is 44.0 Å². The first-order chi connectivity index (χ1) is 8.19. The molecule has 1 heterocycles. The Kier molecular flexibility index (Phi) is 4.31. The highest BCUT2D eigenvalue weighted by Crippen LogP contribution is 2.29. The van der Waals surface area contributed by atoms with Crippen LogP contribution in [0.4, 0.5) is 5.69 Å². The number of nitrogens with one attached hydrogen (secondary N) is 1. The number of methoxy groups -OCH3 is 1. The Morgan fingerprint density at radius 3 is 2.88 bits per heavy atom. The van der Waals surface area contributed by atoms with Crippen LogP contribution in [0, 0.1) is 0 Å². The summed E-state index contributed by atoms with van der Waals surface area (Å²) in [6.45, 7) is 0.757. The van der Waals surface area contributed by atoms with E-state index < -0.39 is 0 Å². The summed E-state index contributed by atoms with van der Waals surface area (Å²) in [5, 5.41) is 6.07. The second-order valence-corrected chi connectivity index (χ2v) is 5.78. The predicted molar refractivity (Wildman–Crippen MR) is 77.3 cm³/mol. The molecule has 0 aliphatic rings. The fraction of sp³-hybridized carbons (Fsp3) is 0.167. The summed E-state index contributed by atoms with van der Waals surface area (Å²) < 4.78 is 6.38. The van der Waals surface area contributed by atoms with Gasteiger partial charge in [-0.3, -0.25) is 0 Å². The van der Waals surface area contributed by atoms with E-state index in [1.54, 1.807) is 18.4 Å². The van der Waals surface area contributed by atoms with E-state index in [1.165, 1.54) is 4.88 Å². The van der Waals surface area contributed by atoms with E-state index in [1.807, 2.05) is 18.2 Å². The first-order valence-corrected chi connectivity index (χ1v) is 7.04. The molecule has 17 heavy (non-hydrogen) atoms. The number of hydrogen-bond donors (Lipinski definition) is 1. The highest BCUT2D eigenvalue weighted by Gasteiger charge is 2.04. The first kappa shape index (κ1) is 12.7. The van der Waals surface area contributed by atoms with Gasteiger partial charge in [0.15, 0.2) is 0 Å². The van der Waals surface area contributed by atoms with Crippen LogP contribution >= 0.6 is 38.9 Å². The molecule has 5 heteroatoms. The molecular formula is C12H11BrClNOS. The largest absolute Gasteiger partial charge is 0.495 e. The quantitative estimate of drug-likeness (QED) is 0.869. The monoisotopic (exact) mass is 331 g/mol. The van der Waals surface area contributed by atoms with E-state index >= 15 is 0 Å². The van der Waals surface area contributed by atoms with Gasteiger partial charge in [0.1, 0.15) is 5.75 Å². The fourth-order valence-electron chi connectivity index (χ4n) is 1.45. The van der Waals surface area contributed by atoms with Gasteiger partial charge < -0.3 is 10.1 Å². The Hall–Kier alpha value is -0.710. The van der Waals surface area contributed by atoms with Crippen LogP contribution < -0.4 is 10.1 Å². The normalized spacial score (nSPS) is 10.3. The molecule has 1 N–H and O–H groups in total. The number of hydrogen-bond acceptors (Lipinski definition) is 3. The van der Waals surface area contributed by atoms with Crippen LogP contribution in [0.5, 0.6) is 5.75 Å². The lowest BCUT2D eigenvalue weighted by molar-refractivity contribution is 0.416. The number of anilines is 1. The van der Waals surface area contributed by atoms with E-state index in [-0.39, 0.29) is 0 Å². The topological polar surface area (TPSA) is 21.3 Å². The Balaban J connectivity index is 2.10. The lowest BCUT2D eigenvalue weighted by Gasteiger charge is -2.10. The smallest absolute Gasteiger partial charge is 0.142 e. The zero-order valence-corrected chi connectivity index (χ0v) is 12.3. The first-order valence-electron chi connectivity index (χ1n) is 4.99. The Morgan fingerprint density at radius 1 is 1.41 bits per heavy atom. The molecule has 0 radical (unpaired) electrons. The van der Waals surface area contributed by atoms with E-state index in [9.17, 15) is 0 Å². The van der Waals surface area contributed by atoms with Crippen molar-refractivity contribution in [3.8, 4) is 5.75 Å². The maximum atomic E-state index is 5.96. The Morgan fingerprint density at radius 2 is 2.24 bits per heavy atom. The van der Waals surface area contributed by atoms with E-state index in [4.69, 9.17) is 16.3 Å². The average Bonchev–Trinajstić information content (AvgIpc) is 2.73. The number of benzene rings is 1. The predicted octanol–water partition coefficient (Wildman–Crippen LogP) is 4.78. The zero-order chi connectivity index (χ0) is 12.3. The lowest BCUT2D eigenvalue weighted by Crippen LogP contribution is -1.99. The highest BCUT2D eigenvalue weighted by molar-refractivity contribution is 9.10. The molecular weight excluding hydrogens is 322 g/mol. The Labute approximate surface area is 118 Å². The molecule has 0 spiro atoms. The summed E-state index contributed by atoms with van der Waals surface area (Å²) in [5.41, 5.74) is 0.907. The van der Waals surface area contributed by atoms with E-state index in [0.29, 0.717) is 5.02 Å². The SMILES string of the molecule is COc1ccc(Cl)cc1NCc1cc(Br)cs1. The van der Waals surface area contributed by atoms with Crippen molar-refractivity contribution in [2.75, 3.05) is 12.4 Å². The maximum absolute atomic E-state index is 5.96. The molecule has 0 amide bonds. The molecule has 1 aromatic heterocycles. The van der Waals surface area contributed by atoms with Crippen molar-refractivity contribution >= 4 is 44.6 Å². The van der Waals surface area contributed by atoms with Crippen molar-refractivity contribution in [3.63, 3.8) is 0 Å². The van der Waals surface area contributed by atoms with Gasteiger partial charge in [-0.1, -0.05) is 11.6 Å². The molecule has 0 aliphatic carbocycles. The molecule has 0 fully saturated rings. The molecule has 0 saturated carbocycles. The Bertz CT molecular complexity index is 515. The van der Waals surface area contributed by atoms with Gasteiger partial charge in [0.05, 0.1) is 12.8 Å². The van der Waals surface area contributed by atoms with Crippen LogP contribution in [0.2, 0.25) is 5.02 Å². The molecule has 0 bridgehead atoms. The van der Waals surface area contributed by atoms with Gasteiger partial charge >= 0.3 is 0 Å². The molecule has 1 aromatic carbocycles. The van der Waals surface area contributed by atoms with Crippen molar-refractivity contribution in [1.29, 1.82) is 0 Å². The van der Waals surface area contributed by atoms with Crippen LogP contribution in [-0.4, -0.2) is 7.11 Å². The molecule has 2 nitrogen and oxygen atoms in total. The summed E-state index contributed by atoms with van der Waals surface area (Å²) in [5.74, 6) is 0.796. The van der Waals surface area contributed by atoms with Crippen LogP contribution in [0.1, 0.15) is 4.88 Å². The van der Waals surface area contributed by atoms with Crippen molar-refractivity contribution in [2.24, 2.45) is 0 Å². The highest BCUT2D eigenvalue weighted by atomic mass is 79.9. The maximum Gasteiger partial charge on any atom is 0.142 e. The molecule has 0 aliphatic heterocycles. The van der Waals surface area contributed by atoms with Crippen LogP contribution in [0.25, 0.3) is 0 Å². The number of ether oxygens (including phenoxy) is 1. The van der Waals surface area contributed by atoms with Gasteiger partial charge in [0, 0.05) is 26.3 Å². The standard InChI is InChI=1S/C12H11BrClNOS/c1-16-12-3-2-9(14)5-11(12)15-6-10-4-8(13)7-17-10/h2-5,7,15H,6H2,1H3. The minimum Gasteiger partial charge on any atom is -0.495 e. The molecule has 0 unspecified atom stereocenters. The second kappa shape index (κ2) is 5.76. The van der Waals surface area contributed by atoms with Crippen LogP contribution in [0.3, 0.4) is 0 Å². The van der Waals surface area contributed by atoms with E-state index in [0.717, 1.165) is 22.5 Å². The van der Waals surface area contributed by atoms with Crippen LogP contribution in [-0.2, 0) is 6.54 Å². The third kappa shape index (κ3) is 3.37. The number of rotatable bonds is 4. The summed E-state index contributed by atoms with van der Waals surface area (Å²) in [4.78, 5) is 1.25. The second-order valence-electron chi connectivity index (χ2n) is 3.43. The van der Waals surface area contributed by atoms with Gasteiger partial charge in [-0.15, -0.1) is 11.3 Å². The third-order valence-corrected chi connectivity index (χ3v) is 4.17. The third-order valence-electron chi connectivity index (χ3n) is 2.24. The van der Waals surface area contributed by atoms with Gasteiger partial charge in [0.25, 0.3) is 0 Å². The average molecular weight is 333 g/mol. The van der Waals surface area contributed by atoms with Crippen molar-refractivity contribution in [2.45, 2.75) is 6.54 Å². The van der Waals surface area contributed by atoms with Gasteiger partial charge in [-0.25, -0.2) is 0 Å². The minimum atomic E-state index is 0.695. The summed E-state index contributed by atoms with van der Waals surface area (Å²) in [7, 11) is 1.65. The molecule has 90 valence electrons. The minimum absolute atomic E-state index is 0.695. The summed E-state index contributed by atoms with van der Waals surface area (Å²) >= 11 is 11.1. The van der Waals surface area contributed by atoms with E-state index in [2.05, 4.69) is 32.7 Å². The molecule has 0 saturated heterocycles. The summed E-state index contributed by atoms with van der Waals surface area (Å²) in [6, 6.07) is 7.63. The van der Waals surface area contributed by atoms with Gasteiger partial charge in [0.2, 0.25) is 0 Å². The number of halogens is 2. The van der Waals surface area contributed by atoms with Crippen molar-refractivity contribution < 1.29 is 4.74 Å². The van der Waals surface area contributed by atoms with Gasteiger partial charge in [-0.2, -0.15) is 0 Å². The lowest BCUT2D eigenvalue weighted by atomic mass is 10.3. The van der Waals surface area contributed by atoms with Crippen LogP contribution in [0.15, 0.2) is 34.1 Å². The molecule has 0 atom stereocenters. The van der Waals surface area contributed by atoms with Crippen molar-refractivity contribution in [1.82, 2.24) is 0 Å². The number of thiophene rings is 1. The fourth-order valence-corrected chi connectivity index (χ4v) is 3.01. The summed E-state index contributed by atoms with van der Waals surface area (Å²) in [6.07, 6.45) is 0.